The van der Waals surface area contributed by atoms with Gasteiger partial charge in [-0.25, -0.2) is 4.68 Å². The van der Waals surface area contributed by atoms with Gasteiger partial charge in [-0.1, -0.05) is 5.21 Å². The molecule has 0 fully saturated rings. The second kappa shape index (κ2) is 21.1. The first kappa shape index (κ1) is 28.3. The molecule has 12 nitrogen and oxygen atoms in total. The predicted octanol–water partition coefficient (Wildman–Crippen LogP) is -0.914. The number of nitrogens with zero attached hydrogens (tertiary/aromatic N) is 3. The summed E-state index contributed by atoms with van der Waals surface area (Å²) in [6.45, 7) is 6.18. The molecule has 0 bridgehead atoms. The molecule has 2 amide bonds. The molecular formula is C19H35N5O7S. The Kier molecular flexibility index (Phi) is 18.6. The molecule has 1 heterocycles. The van der Waals surface area contributed by atoms with E-state index in [1.807, 2.05) is 12.5 Å². The first-order chi connectivity index (χ1) is 15.8. The van der Waals surface area contributed by atoms with Crippen molar-refractivity contribution in [3.63, 3.8) is 0 Å². The van der Waals surface area contributed by atoms with E-state index in [9.17, 15) is 9.59 Å². The summed E-state index contributed by atoms with van der Waals surface area (Å²) >= 11 is 1.49. The van der Waals surface area contributed by atoms with Crippen LogP contribution in [0.5, 0.6) is 0 Å². The Morgan fingerprint density at radius 1 is 0.969 bits per heavy atom. The van der Waals surface area contributed by atoms with Crippen LogP contribution in [0.3, 0.4) is 0 Å². The molecule has 13 heteroatoms. The van der Waals surface area contributed by atoms with Gasteiger partial charge in [0.15, 0.2) is 0 Å². The number of carbonyl (C=O) groups is 2. The van der Waals surface area contributed by atoms with E-state index in [1.54, 1.807) is 4.68 Å². The molecule has 0 aliphatic rings. The van der Waals surface area contributed by atoms with Crippen molar-refractivity contribution in [2.45, 2.75) is 13.2 Å². The molecule has 184 valence electrons. The molecule has 0 unspecified atom stereocenters. The summed E-state index contributed by atoms with van der Waals surface area (Å²) in [5.74, 6) is 0.485. The van der Waals surface area contributed by atoms with Crippen LogP contribution in [-0.4, -0.2) is 112 Å². The molecule has 1 rings (SSSR count). The molecule has 1 aromatic heterocycles. The van der Waals surface area contributed by atoms with E-state index in [0.29, 0.717) is 97.9 Å². The smallest absolute Gasteiger partial charge is 0.230 e. The number of aromatic nitrogens is 3. The van der Waals surface area contributed by atoms with Crippen molar-refractivity contribution in [3.8, 4) is 0 Å². The lowest BCUT2D eigenvalue weighted by Crippen LogP contribution is -2.29. The average Bonchev–Trinajstić information content (AvgIpc) is 3.24. The van der Waals surface area contributed by atoms with Crippen molar-refractivity contribution in [3.05, 3.63) is 11.9 Å². The fourth-order valence-corrected chi connectivity index (χ4v) is 2.61. The minimum atomic E-state index is 0.0192. The molecule has 0 radical (unpaired) electrons. The number of amides is 2. The maximum atomic E-state index is 11.2. The summed E-state index contributed by atoms with van der Waals surface area (Å²) in [4.78, 5) is 21.3. The Bertz CT molecular complexity index is 594. The standard InChI is InChI=1S/C19H35N5O7S/c1-32-16-19(26)21-3-6-28-9-11-30-12-13-31-15-18-14-24(23-22-18)4-7-29-10-8-27-5-2-20-17-25/h14,17H,2-13,15-16H2,1H3,(H,20,25)(H,21,26). The van der Waals surface area contributed by atoms with Gasteiger partial charge >= 0.3 is 0 Å². The summed E-state index contributed by atoms with van der Waals surface area (Å²) in [5.41, 5.74) is 0.739. The number of hydrogen-bond acceptors (Lipinski definition) is 10. The van der Waals surface area contributed by atoms with Crippen molar-refractivity contribution in [1.82, 2.24) is 25.6 Å². The molecule has 0 saturated heterocycles. The van der Waals surface area contributed by atoms with Crippen LogP contribution in [0.1, 0.15) is 5.69 Å². The molecule has 0 saturated carbocycles. The van der Waals surface area contributed by atoms with Gasteiger partial charge in [-0.3, -0.25) is 9.59 Å². The molecule has 1 aromatic rings. The van der Waals surface area contributed by atoms with Gasteiger partial charge in [0.05, 0.1) is 84.6 Å². The van der Waals surface area contributed by atoms with Gasteiger partial charge < -0.3 is 34.3 Å². The number of ether oxygens (including phenoxy) is 5. The third kappa shape index (κ3) is 16.9. The van der Waals surface area contributed by atoms with Crippen molar-refractivity contribution in [1.29, 1.82) is 0 Å². The maximum Gasteiger partial charge on any atom is 0.230 e. The van der Waals surface area contributed by atoms with E-state index in [4.69, 9.17) is 23.7 Å². The van der Waals surface area contributed by atoms with Gasteiger partial charge in [0.1, 0.15) is 5.69 Å². The highest BCUT2D eigenvalue weighted by Crippen LogP contribution is 1.96. The third-order valence-corrected chi connectivity index (χ3v) is 4.29. The summed E-state index contributed by atoms with van der Waals surface area (Å²) in [5, 5.41) is 13.4. The zero-order valence-corrected chi connectivity index (χ0v) is 19.5. The molecule has 0 aliphatic heterocycles. The van der Waals surface area contributed by atoms with Crippen LogP contribution in [0.25, 0.3) is 0 Å². The largest absolute Gasteiger partial charge is 0.377 e. The minimum Gasteiger partial charge on any atom is -0.377 e. The molecule has 0 aliphatic carbocycles. The number of rotatable bonds is 23. The zero-order chi connectivity index (χ0) is 23.1. The third-order valence-electron chi connectivity index (χ3n) is 3.73. The van der Waals surface area contributed by atoms with Crippen LogP contribution < -0.4 is 10.6 Å². The first-order valence-electron chi connectivity index (χ1n) is 10.5. The molecular weight excluding hydrogens is 442 g/mol. The highest BCUT2D eigenvalue weighted by molar-refractivity contribution is 7.99. The average molecular weight is 478 g/mol. The van der Waals surface area contributed by atoms with Crippen LogP contribution in [-0.2, 0) is 46.4 Å². The van der Waals surface area contributed by atoms with Crippen molar-refractivity contribution < 1.29 is 33.3 Å². The SMILES string of the molecule is CSCC(=O)NCCOCCOCCOCc1cn(CCOCCOCCNC=O)nn1. The van der Waals surface area contributed by atoms with Crippen molar-refractivity contribution in [2.75, 3.05) is 84.6 Å². The topological polar surface area (TPSA) is 135 Å². The van der Waals surface area contributed by atoms with Crippen molar-refractivity contribution in [2.24, 2.45) is 0 Å². The Labute approximate surface area is 193 Å². The van der Waals surface area contributed by atoms with E-state index >= 15 is 0 Å². The molecule has 0 atom stereocenters. The van der Waals surface area contributed by atoms with E-state index in [-0.39, 0.29) is 5.91 Å². The van der Waals surface area contributed by atoms with Crippen LogP contribution in [0, 0.1) is 0 Å². The maximum absolute atomic E-state index is 11.2. The highest BCUT2D eigenvalue weighted by Gasteiger charge is 2.02. The highest BCUT2D eigenvalue weighted by atomic mass is 32.2. The Hall–Kier alpha value is -1.77. The fraction of sp³-hybridized carbons (Fsp3) is 0.789. The lowest BCUT2D eigenvalue weighted by Gasteiger charge is -2.07. The Morgan fingerprint density at radius 2 is 1.59 bits per heavy atom. The number of nitrogens with one attached hydrogen (secondary N) is 2. The summed E-state index contributed by atoms with van der Waals surface area (Å²) in [6.07, 6.45) is 4.35. The monoisotopic (exact) mass is 477 g/mol. The molecule has 0 aromatic carbocycles. The fourth-order valence-electron chi connectivity index (χ4n) is 2.25. The summed E-state index contributed by atoms with van der Waals surface area (Å²) < 4.78 is 28.8. The van der Waals surface area contributed by atoms with E-state index in [2.05, 4.69) is 20.9 Å². The summed E-state index contributed by atoms with van der Waals surface area (Å²) in [6, 6.07) is 0. The number of carbonyl (C=O) groups excluding carboxylic acids is 2. The summed E-state index contributed by atoms with van der Waals surface area (Å²) in [7, 11) is 0. The quantitative estimate of drug-likeness (QED) is 0.151. The van der Waals surface area contributed by atoms with Crippen LogP contribution in [0.4, 0.5) is 0 Å². The van der Waals surface area contributed by atoms with Crippen LogP contribution in [0.15, 0.2) is 6.20 Å². The lowest BCUT2D eigenvalue weighted by molar-refractivity contribution is -0.118. The van der Waals surface area contributed by atoms with E-state index in [1.165, 1.54) is 11.8 Å². The van der Waals surface area contributed by atoms with Gasteiger partial charge in [0, 0.05) is 13.1 Å². The molecule has 0 spiro atoms. The minimum absolute atomic E-state index is 0.0192. The van der Waals surface area contributed by atoms with Gasteiger partial charge in [-0.05, 0) is 6.26 Å². The van der Waals surface area contributed by atoms with Gasteiger partial charge in [0.25, 0.3) is 0 Å². The van der Waals surface area contributed by atoms with E-state index in [0.717, 1.165) is 5.69 Å². The molecule has 2 N–H and O–H groups in total. The second-order valence-corrected chi connectivity index (χ2v) is 7.20. The van der Waals surface area contributed by atoms with Crippen molar-refractivity contribution >= 4 is 24.1 Å². The number of hydrogen-bond donors (Lipinski definition) is 2. The van der Waals surface area contributed by atoms with Gasteiger partial charge in [0.2, 0.25) is 12.3 Å². The van der Waals surface area contributed by atoms with Gasteiger partial charge in [-0.2, -0.15) is 11.8 Å². The zero-order valence-electron chi connectivity index (χ0n) is 18.7. The normalized spacial score (nSPS) is 10.9. The first-order valence-corrected chi connectivity index (χ1v) is 11.9. The molecule has 32 heavy (non-hydrogen) atoms. The van der Waals surface area contributed by atoms with Crippen LogP contribution >= 0.6 is 11.8 Å². The Morgan fingerprint density at radius 3 is 2.28 bits per heavy atom. The van der Waals surface area contributed by atoms with E-state index < -0.39 is 0 Å². The van der Waals surface area contributed by atoms with Crippen LogP contribution in [0.2, 0.25) is 0 Å². The lowest BCUT2D eigenvalue weighted by atomic mass is 10.5. The van der Waals surface area contributed by atoms with Gasteiger partial charge in [-0.15, -0.1) is 5.10 Å². The number of thioether (sulfide) groups is 1. The Balaban J connectivity index is 1.87. The predicted molar refractivity (Wildman–Crippen MR) is 118 cm³/mol. The second-order valence-electron chi connectivity index (χ2n) is 6.33.